The molecule has 4 heteroatoms. The lowest BCUT2D eigenvalue weighted by Gasteiger charge is -2.32. The van der Waals surface area contributed by atoms with E-state index in [1.165, 1.54) is 0 Å². The fraction of sp³-hybridized carbons (Fsp3) is 0.900. The van der Waals surface area contributed by atoms with E-state index in [0.717, 1.165) is 6.42 Å². The summed E-state index contributed by atoms with van der Waals surface area (Å²) in [7, 11) is 0. The van der Waals surface area contributed by atoms with E-state index in [-0.39, 0.29) is 12.0 Å². The minimum absolute atomic E-state index is 0.216. The van der Waals surface area contributed by atoms with Gasteiger partial charge in [-0.15, -0.1) is 0 Å². The monoisotopic (exact) mass is 320 g/mol. The zero-order chi connectivity index (χ0) is 9.61. The van der Waals surface area contributed by atoms with E-state index in [0.29, 0.717) is 39.3 Å². The predicted molar refractivity (Wildman–Crippen MR) is 57.7 cm³/mol. The van der Waals surface area contributed by atoms with Crippen LogP contribution in [-0.4, -0.2) is 27.6 Å². The summed E-state index contributed by atoms with van der Waals surface area (Å²) >= 11 is 7.45. The Bertz CT molecular complexity index is 322. The van der Waals surface area contributed by atoms with E-state index >= 15 is 0 Å². The molecule has 6 bridgehead atoms. The van der Waals surface area contributed by atoms with Gasteiger partial charge in [-0.25, -0.2) is 0 Å². The van der Waals surface area contributed by atoms with Gasteiger partial charge in [-0.3, -0.25) is 4.79 Å². The minimum Gasteiger partial charge on any atom is -0.373 e. The maximum absolute atomic E-state index is 12.1. The summed E-state index contributed by atoms with van der Waals surface area (Å²) in [5, 5.41) is 0. The average molecular weight is 322 g/mol. The second-order valence-corrected chi connectivity index (χ2v) is 7.07. The molecule has 0 spiro atoms. The van der Waals surface area contributed by atoms with Gasteiger partial charge in [0, 0.05) is 27.4 Å². The molecule has 5 aliphatic rings. The van der Waals surface area contributed by atoms with E-state index in [9.17, 15) is 4.79 Å². The van der Waals surface area contributed by atoms with Crippen LogP contribution >= 0.6 is 31.9 Å². The van der Waals surface area contributed by atoms with Crippen LogP contribution in [0.5, 0.6) is 0 Å². The number of ether oxygens (including phenoxy) is 1. The van der Waals surface area contributed by atoms with E-state index < -0.39 is 0 Å². The smallest absolute Gasteiger partial charge is 0.142 e. The van der Waals surface area contributed by atoms with Crippen molar-refractivity contribution in [2.75, 3.05) is 0 Å². The van der Waals surface area contributed by atoms with E-state index in [2.05, 4.69) is 31.9 Å². The summed E-state index contributed by atoms with van der Waals surface area (Å²) in [6.07, 6.45) is 1.61. The van der Waals surface area contributed by atoms with Crippen molar-refractivity contribution < 1.29 is 9.53 Å². The zero-order valence-electron chi connectivity index (χ0n) is 7.40. The third-order valence-electron chi connectivity index (χ3n) is 4.59. The molecule has 3 saturated carbocycles. The maximum atomic E-state index is 12.1. The van der Waals surface area contributed by atoms with Gasteiger partial charge in [0.15, 0.2) is 0 Å². The highest BCUT2D eigenvalue weighted by molar-refractivity contribution is 9.12. The van der Waals surface area contributed by atoms with Gasteiger partial charge in [0.1, 0.15) is 5.78 Å². The Labute approximate surface area is 99.0 Å². The van der Waals surface area contributed by atoms with Gasteiger partial charge < -0.3 is 4.74 Å². The molecule has 5 rings (SSSR count). The normalized spacial score (nSPS) is 68.3. The molecule has 2 aliphatic heterocycles. The fourth-order valence-electron chi connectivity index (χ4n) is 4.15. The standard InChI is InChI=1S/C10H10Br2O2/c11-7-4-2-1-3-5(9(2)13)6(8(7)12)10(4)14-3/h2-8,10H,1H2. The summed E-state index contributed by atoms with van der Waals surface area (Å²) in [6.45, 7) is 0. The van der Waals surface area contributed by atoms with Crippen molar-refractivity contribution in [3.63, 3.8) is 0 Å². The summed E-state index contributed by atoms with van der Waals surface area (Å²) < 4.78 is 5.97. The lowest BCUT2D eigenvalue weighted by molar-refractivity contribution is -0.129. The van der Waals surface area contributed by atoms with Crippen LogP contribution in [0.1, 0.15) is 6.42 Å². The number of hydrogen-bond donors (Lipinski definition) is 0. The van der Waals surface area contributed by atoms with Crippen LogP contribution in [0.3, 0.4) is 0 Å². The van der Waals surface area contributed by atoms with Crippen LogP contribution in [0, 0.1) is 23.7 Å². The Balaban J connectivity index is 1.91. The number of carbonyl (C=O) groups is 1. The van der Waals surface area contributed by atoms with Crippen LogP contribution < -0.4 is 0 Å². The first-order valence-corrected chi connectivity index (χ1v) is 7.00. The largest absolute Gasteiger partial charge is 0.373 e. The lowest BCUT2D eigenvalue weighted by atomic mass is 9.77. The van der Waals surface area contributed by atoms with E-state index in [1.54, 1.807) is 0 Å². The van der Waals surface area contributed by atoms with Gasteiger partial charge in [0.2, 0.25) is 0 Å². The van der Waals surface area contributed by atoms with Crippen molar-refractivity contribution >= 4 is 37.6 Å². The first-order chi connectivity index (χ1) is 6.70. The Hall–Kier alpha value is 0.590. The molecule has 5 fully saturated rings. The minimum atomic E-state index is 0.216. The summed E-state index contributed by atoms with van der Waals surface area (Å²) in [5.41, 5.74) is 0. The molecule has 8 unspecified atom stereocenters. The molecule has 2 heterocycles. The fourth-order valence-corrected chi connectivity index (χ4v) is 6.15. The highest BCUT2D eigenvalue weighted by Gasteiger charge is 2.72. The lowest BCUT2D eigenvalue weighted by Crippen LogP contribution is -2.39. The van der Waals surface area contributed by atoms with E-state index in [1.807, 2.05) is 0 Å². The van der Waals surface area contributed by atoms with E-state index in [4.69, 9.17) is 4.74 Å². The van der Waals surface area contributed by atoms with Crippen LogP contribution in [0.2, 0.25) is 0 Å². The van der Waals surface area contributed by atoms with Gasteiger partial charge in [-0.1, -0.05) is 31.9 Å². The predicted octanol–water partition coefficient (Wildman–Crippen LogP) is 1.75. The molecule has 0 aromatic rings. The topological polar surface area (TPSA) is 26.3 Å². The maximum Gasteiger partial charge on any atom is 0.142 e. The highest BCUT2D eigenvalue weighted by Crippen LogP contribution is 2.64. The Morgan fingerprint density at radius 1 is 1.21 bits per heavy atom. The number of carbonyl (C=O) groups excluding carboxylic acids is 1. The quantitative estimate of drug-likeness (QED) is 0.635. The second-order valence-electron chi connectivity index (χ2n) is 4.95. The number of rotatable bonds is 0. The van der Waals surface area contributed by atoms with Crippen molar-refractivity contribution in [1.29, 1.82) is 0 Å². The number of halogens is 2. The van der Waals surface area contributed by atoms with Gasteiger partial charge in [0.05, 0.1) is 18.1 Å². The third kappa shape index (κ3) is 0.716. The molecular weight excluding hydrogens is 312 g/mol. The average Bonchev–Trinajstić information content (AvgIpc) is 2.65. The Morgan fingerprint density at radius 3 is 2.71 bits per heavy atom. The van der Waals surface area contributed by atoms with Crippen LogP contribution in [-0.2, 0) is 9.53 Å². The number of ketones is 1. The van der Waals surface area contributed by atoms with Crippen LogP contribution in [0.25, 0.3) is 0 Å². The number of hydrogen-bond acceptors (Lipinski definition) is 2. The Morgan fingerprint density at radius 2 is 1.93 bits per heavy atom. The van der Waals surface area contributed by atoms with Crippen molar-refractivity contribution in [3.8, 4) is 0 Å². The molecule has 3 aliphatic carbocycles. The molecule has 2 saturated heterocycles. The van der Waals surface area contributed by atoms with Crippen LogP contribution in [0.15, 0.2) is 0 Å². The van der Waals surface area contributed by atoms with Crippen molar-refractivity contribution in [1.82, 2.24) is 0 Å². The number of alkyl halides is 2. The highest BCUT2D eigenvalue weighted by atomic mass is 79.9. The molecule has 8 atom stereocenters. The van der Waals surface area contributed by atoms with Crippen LogP contribution in [0.4, 0.5) is 0 Å². The van der Waals surface area contributed by atoms with Gasteiger partial charge in [0.25, 0.3) is 0 Å². The van der Waals surface area contributed by atoms with Gasteiger partial charge in [-0.05, 0) is 6.42 Å². The third-order valence-corrected chi connectivity index (χ3v) is 7.66. The molecule has 14 heavy (non-hydrogen) atoms. The SMILES string of the molecule is O=C1C2CC3OC4C2C(Br)C(Br)C4C13. The number of Topliss-reactive ketones (excluding diaryl/α,β-unsaturated/α-hetero) is 1. The first-order valence-electron chi connectivity index (χ1n) is 5.17. The van der Waals surface area contributed by atoms with Crippen molar-refractivity contribution in [2.45, 2.75) is 28.3 Å². The Kier molecular flexibility index (Phi) is 1.53. The zero-order valence-corrected chi connectivity index (χ0v) is 10.6. The molecular formula is C10H10Br2O2. The summed E-state index contributed by atoms with van der Waals surface area (Å²) in [4.78, 5) is 12.9. The van der Waals surface area contributed by atoms with Gasteiger partial charge >= 0.3 is 0 Å². The molecule has 0 radical (unpaired) electrons. The molecule has 0 N–H and O–H groups in total. The summed E-state index contributed by atoms with van der Waals surface area (Å²) in [6, 6.07) is 0. The first kappa shape index (κ1) is 8.71. The van der Waals surface area contributed by atoms with Crippen molar-refractivity contribution in [2.24, 2.45) is 23.7 Å². The molecule has 0 aromatic carbocycles. The second kappa shape index (κ2) is 2.46. The van der Waals surface area contributed by atoms with Crippen molar-refractivity contribution in [3.05, 3.63) is 0 Å². The molecule has 76 valence electrons. The van der Waals surface area contributed by atoms with Gasteiger partial charge in [-0.2, -0.15) is 0 Å². The molecule has 2 nitrogen and oxygen atoms in total. The molecule has 0 amide bonds. The molecule has 0 aromatic heterocycles. The summed E-state index contributed by atoms with van der Waals surface area (Å²) in [5.74, 6) is 1.89.